The molecule has 2 unspecified atom stereocenters. The smallest absolute Gasteiger partial charge is 0.308 e. The van der Waals surface area contributed by atoms with Gasteiger partial charge in [-0.25, -0.2) is 0 Å². The van der Waals surface area contributed by atoms with Crippen molar-refractivity contribution in [3.8, 4) is 0 Å². The fraction of sp³-hybridized carbons (Fsp3) is 0.550. The van der Waals surface area contributed by atoms with Crippen LogP contribution in [0, 0.1) is 17.8 Å². The molecular weight excluding hydrogens is 332 g/mol. The predicted molar refractivity (Wildman–Crippen MR) is 100 cm³/mol. The second-order valence-electron chi connectivity index (χ2n) is 7.42. The summed E-state index contributed by atoms with van der Waals surface area (Å²) >= 11 is 0. The number of carboxylic acids is 1. The molecule has 6 nitrogen and oxygen atoms in total. The van der Waals surface area contributed by atoms with Gasteiger partial charge in [0.15, 0.2) is 0 Å². The summed E-state index contributed by atoms with van der Waals surface area (Å²) in [5.74, 6) is -1.80. The number of hydrogen-bond donors (Lipinski definition) is 3. The number of carbonyl (C=O) groups is 3. The molecule has 0 bridgehead atoms. The van der Waals surface area contributed by atoms with Gasteiger partial charge in [-0.05, 0) is 23.8 Å². The van der Waals surface area contributed by atoms with Crippen LogP contribution in [0.1, 0.15) is 52.1 Å². The summed E-state index contributed by atoms with van der Waals surface area (Å²) in [7, 11) is 0. The lowest BCUT2D eigenvalue weighted by atomic mass is 9.97. The lowest BCUT2D eigenvalue weighted by Crippen LogP contribution is -2.43. The fourth-order valence-corrected chi connectivity index (χ4v) is 2.70. The molecule has 144 valence electrons. The van der Waals surface area contributed by atoms with Gasteiger partial charge in [0.1, 0.15) is 6.04 Å². The Balaban J connectivity index is 2.84. The first-order chi connectivity index (χ1) is 12.2. The van der Waals surface area contributed by atoms with Gasteiger partial charge in [-0.15, -0.1) is 0 Å². The van der Waals surface area contributed by atoms with Gasteiger partial charge in [-0.2, -0.15) is 0 Å². The molecule has 0 aliphatic carbocycles. The van der Waals surface area contributed by atoms with E-state index in [1.807, 2.05) is 33.8 Å². The molecule has 1 aromatic rings. The van der Waals surface area contributed by atoms with Crippen LogP contribution in [0.5, 0.6) is 0 Å². The van der Waals surface area contributed by atoms with Crippen molar-refractivity contribution in [3.05, 3.63) is 35.9 Å². The average Bonchev–Trinajstić information content (AvgIpc) is 2.55. The van der Waals surface area contributed by atoms with E-state index in [4.69, 9.17) is 0 Å². The summed E-state index contributed by atoms with van der Waals surface area (Å²) in [6.45, 7) is 7.78. The van der Waals surface area contributed by atoms with E-state index in [2.05, 4.69) is 10.6 Å². The van der Waals surface area contributed by atoms with Crippen molar-refractivity contribution in [2.75, 3.05) is 6.54 Å². The van der Waals surface area contributed by atoms with Crippen molar-refractivity contribution in [3.63, 3.8) is 0 Å². The Morgan fingerprint density at radius 3 is 2.12 bits per heavy atom. The molecular formula is C20H30N2O4. The van der Waals surface area contributed by atoms with Crippen LogP contribution in [0.4, 0.5) is 0 Å². The molecule has 26 heavy (non-hydrogen) atoms. The van der Waals surface area contributed by atoms with E-state index >= 15 is 0 Å². The minimum absolute atomic E-state index is 0.0374. The Morgan fingerprint density at radius 2 is 1.62 bits per heavy atom. The zero-order chi connectivity index (χ0) is 19.7. The summed E-state index contributed by atoms with van der Waals surface area (Å²) in [5.41, 5.74) is 0.665. The number of hydrogen-bond acceptors (Lipinski definition) is 3. The van der Waals surface area contributed by atoms with E-state index in [-0.39, 0.29) is 24.3 Å². The number of amides is 2. The molecule has 0 heterocycles. The van der Waals surface area contributed by atoms with Gasteiger partial charge in [-0.1, -0.05) is 58.0 Å². The number of carbonyl (C=O) groups excluding carboxylic acids is 2. The van der Waals surface area contributed by atoms with Crippen LogP contribution in [0.3, 0.4) is 0 Å². The Kier molecular flexibility index (Phi) is 8.82. The first-order valence-electron chi connectivity index (χ1n) is 9.05. The molecule has 0 aliphatic rings. The maximum atomic E-state index is 12.7. The van der Waals surface area contributed by atoms with E-state index in [0.29, 0.717) is 18.4 Å². The first kappa shape index (κ1) is 21.7. The molecule has 0 fully saturated rings. The highest BCUT2D eigenvalue weighted by Gasteiger charge is 2.25. The third kappa shape index (κ3) is 7.68. The summed E-state index contributed by atoms with van der Waals surface area (Å²) in [6, 6.07) is 8.12. The highest BCUT2D eigenvalue weighted by molar-refractivity contribution is 5.89. The van der Waals surface area contributed by atoms with Crippen molar-refractivity contribution in [1.82, 2.24) is 10.6 Å². The summed E-state index contributed by atoms with van der Waals surface area (Å²) in [6.07, 6.45) is 0.799. The molecule has 0 aromatic heterocycles. The third-order valence-electron chi connectivity index (χ3n) is 3.92. The quantitative estimate of drug-likeness (QED) is 0.596. The molecule has 0 aliphatic heterocycles. The lowest BCUT2D eigenvalue weighted by Gasteiger charge is -2.21. The Bertz CT molecular complexity index is 599. The molecule has 0 saturated carbocycles. The van der Waals surface area contributed by atoms with E-state index in [1.165, 1.54) is 0 Å². The van der Waals surface area contributed by atoms with Crippen molar-refractivity contribution < 1.29 is 19.5 Å². The largest absolute Gasteiger partial charge is 0.481 e. The Hall–Kier alpha value is -2.37. The highest BCUT2D eigenvalue weighted by atomic mass is 16.4. The van der Waals surface area contributed by atoms with Gasteiger partial charge < -0.3 is 15.7 Å². The summed E-state index contributed by atoms with van der Waals surface area (Å²) in [4.78, 5) is 36.2. The molecule has 0 spiro atoms. The molecule has 2 atom stereocenters. The van der Waals surface area contributed by atoms with Crippen LogP contribution in [-0.4, -0.2) is 29.4 Å². The van der Waals surface area contributed by atoms with Gasteiger partial charge in [-0.3, -0.25) is 14.4 Å². The van der Waals surface area contributed by atoms with Crippen molar-refractivity contribution in [1.29, 1.82) is 0 Å². The second-order valence-corrected chi connectivity index (χ2v) is 7.42. The molecule has 3 N–H and O–H groups in total. The molecule has 0 radical (unpaired) electrons. The molecule has 1 aromatic carbocycles. The third-order valence-corrected chi connectivity index (χ3v) is 3.92. The zero-order valence-electron chi connectivity index (χ0n) is 16.0. The molecule has 6 heteroatoms. The normalized spacial score (nSPS) is 13.3. The fourth-order valence-electron chi connectivity index (χ4n) is 2.70. The first-order valence-corrected chi connectivity index (χ1v) is 9.05. The average molecular weight is 362 g/mol. The van der Waals surface area contributed by atoms with Crippen LogP contribution in [-0.2, 0) is 14.4 Å². The lowest BCUT2D eigenvalue weighted by molar-refractivity contribution is -0.142. The van der Waals surface area contributed by atoms with E-state index in [9.17, 15) is 19.5 Å². The van der Waals surface area contributed by atoms with Gasteiger partial charge in [0, 0.05) is 13.0 Å². The predicted octanol–water partition coefficient (Wildman–Crippen LogP) is 2.75. The molecule has 0 saturated heterocycles. The van der Waals surface area contributed by atoms with Crippen LogP contribution >= 0.6 is 0 Å². The van der Waals surface area contributed by atoms with Crippen LogP contribution < -0.4 is 10.6 Å². The second kappa shape index (κ2) is 10.6. The Morgan fingerprint density at radius 1 is 1.00 bits per heavy atom. The summed E-state index contributed by atoms with van der Waals surface area (Å²) < 4.78 is 0. The van der Waals surface area contributed by atoms with Crippen molar-refractivity contribution in [2.45, 2.75) is 46.6 Å². The van der Waals surface area contributed by atoms with Crippen LogP contribution in [0.15, 0.2) is 30.3 Å². The molecule has 1 rings (SSSR count). The van der Waals surface area contributed by atoms with Crippen molar-refractivity contribution in [2.24, 2.45) is 17.8 Å². The minimum atomic E-state index is -0.931. The highest BCUT2D eigenvalue weighted by Crippen LogP contribution is 2.15. The number of rotatable bonds is 10. The van der Waals surface area contributed by atoms with E-state index in [0.717, 1.165) is 0 Å². The van der Waals surface area contributed by atoms with Gasteiger partial charge >= 0.3 is 5.97 Å². The zero-order valence-corrected chi connectivity index (χ0v) is 16.0. The SMILES string of the molecule is CC(C)CC(=O)NC(C(=O)NCC(CC(C)C)C(=O)O)c1ccccc1. The monoisotopic (exact) mass is 362 g/mol. The van der Waals surface area contributed by atoms with Gasteiger partial charge in [0.2, 0.25) is 11.8 Å². The molecule has 2 amide bonds. The van der Waals surface area contributed by atoms with Gasteiger partial charge in [0.05, 0.1) is 5.92 Å². The summed E-state index contributed by atoms with van der Waals surface area (Å²) in [5, 5.41) is 14.8. The topological polar surface area (TPSA) is 95.5 Å². The minimum Gasteiger partial charge on any atom is -0.481 e. The number of benzene rings is 1. The standard InChI is InChI=1S/C20H30N2O4/c1-13(2)10-16(20(25)26)12-21-19(24)18(15-8-6-5-7-9-15)22-17(23)11-14(3)4/h5-9,13-14,16,18H,10-12H2,1-4H3,(H,21,24)(H,22,23)(H,25,26). The van der Waals surface area contributed by atoms with Crippen LogP contribution in [0.25, 0.3) is 0 Å². The Labute approximate surface area is 155 Å². The number of aliphatic carboxylic acids is 1. The van der Waals surface area contributed by atoms with E-state index < -0.39 is 23.8 Å². The maximum absolute atomic E-state index is 12.7. The maximum Gasteiger partial charge on any atom is 0.308 e. The number of carboxylic acid groups (broad SMARTS) is 1. The van der Waals surface area contributed by atoms with Crippen LogP contribution in [0.2, 0.25) is 0 Å². The number of nitrogens with one attached hydrogen (secondary N) is 2. The van der Waals surface area contributed by atoms with E-state index in [1.54, 1.807) is 24.3 Å². The van der Waals surface area contributed by atoms with Gasteiger partial charge in [0.25, 0.3) is 0 Å². The van der Waals surface area contributed by atoms with Crippen molar-refractivity contribution >= 4 is 17.8 Å².